The summed E-state index contributed by atoms with van der Waals surface area (Å²) < 4.78 is 14.3. The van der Waals surface area contributed by atoms with Gasteiger partial charge in [-0.15, -0.1) is 0 Å². The predicted molar refractivity (Wildman–Crippen MR) is 111 cm³/mol. The van der Waals surface area contributed by atoms with Crippen LogP contribution in [0.1, 0.15) is 31.8 Å². The average molecular weight is 402 g/mol. The first-order valence-electron chi connectivity index (χ1n) is 9.53. The number of carbonyl (C=O) groups excluding carboxylic acids is 3. The van der Waals surface area contributed by atoms with Gasteiger partial charge in [0.1, 0.15) is 11.9 Å². The number of rotatable bonds is 5. The fourth-order valence-electron chi connectivity index (χ4n) is 3.57. The van der Waals surface area contributed by atoms with Crippen LogP contribution in [-0.4, -0.2) is 28.7 Å². The van der Waals surface area contributed by atoms with E-state index in [4.69, 9.17) is 0 Å². The van der Waals surface area contributed by atoms with Gasteiger partial charge in [0, 0.05) is 6.42 Å². The highest BCUT2D eigenvalue weighted by Gasteiger charge is 2.42. The molecule has 0 saturated heterocycles. The van der Waals surface area contributed by atoms with Gasteiger partial charge in [0.2, 0.25) is 5.91 Å². The normalized spacial score (nSPS) is 13.9. The van der Waals surface area contributed by atoms with E-state index in [-0.39, 0.29) is 23.2 Å². The third-order valence-corrected chi connectivity index (χ3v) is 5.09. The lowest BCUT2D eigenvalue weighted by atomic mass is 10.0. The highest BCUT2D eigenvalue weighted by Crippen LogP contribution is 2.27. The SMILES string of the molecule is Cc1ccc(NC(=O)C(Cc2ccccc2)N2C(=O)c3ccccc3C2=O)c(F)c1. The number of halogens is 1. The molecule has 5 nitrogen and oxygen atoms in total. The molecule has 30 heavy (non-hydrogen) atoms. The summed E-state index contributed by atoms with van der Waals surface area (Å²) >= 11 is 0. The van der Waals surface area contributed by atoms with Crippen molar-refractivity contribution in [1.82, 2.24) is 4.90 Å². The van der Waals surface area contributed by atoms with E-state index in [0.717, 1.165) is 10.5 Å². The Morgan fingerprint density at radius 3 is 2.13 bits per heavy atom. The molecule has 0 fully saturated rings. The third kappa shape index (κ3) is 3.59. The van der Waals surface area contributed by atoms with Gasteiger partial charge in [-0.3, -0.25) is 19.3 Å². The maximum Gasteiger partial charge on any atom is 0.262 e. The molecule has 0 spiro atoms. The summed E-state index contributed by atoms with van der Waals surface area (Å²) in [5.74, 6) is -2.27. The Morgan fingerprint density at radius 1 is 0.933 bits per heavy atom. The fourth-order valence-corrected chi connectivity index (χ4v) is 3.57. The Kier molecular flexibility index (Phi) is 5.14. The molecule has 0 bridgehead atoms. The van der Waals surface area contributed by atoms with Crippen molar-refractivity contribution >= 4 is 23.4 Å². The van der Waals surface area contributed by atoms with Crippen LogP contribution in [0.4, 0.5) is 10.1 Å². The maximum atomic E-state index is 14.3. The number of hydrogen-bond acceptors (Lipinski definition) is 3. The molecule has 3 aromatic carbocycles. The second kappa shape index (κ2) is 7.91. The summed E-state index contributed by atoms with van der Waals surface area (Å²) in [6.07, 6.45) is 0.117. The molecule has 150 valence electrons. The van der Waals surface area contributed by atoms with Crippen molar-refractivity contribution in [1.29, 1.82) is 0 Å². The monoisotopic (exact) mass is 402 g/mol. The molecule has 1 unspecified atom stereocenters. The van der Waals surface area contributed by atoms with E-state index in [1.165, 1.54) is 12.1 Å². The number of anilines is 1. The lowest BCUT2D eigenvalue weighted by Gasteiger charge is -2.25. The van der Waals surface area contributed by atoms with Crippen LogP contribution in [0.15, 0.2) is 72.8 Å². The van der Waals surface area contributed by atoms with Crippen molar-refractivity contribution in [3.8, 4) is 0 Å². The maximum absolute atomic E-state index is 14.3. The third-order valence-electron chi connectivity index (χ3n) is 5.09. The van der Waals surface area contributed by atoms with Gasteiger partial charge >= 0.3 is 0 Å². The fraction of sp³-hybridized carbons (Fsp3) is 0.125. The molecule has 1 aliphatic rings. The highest BCUT2D eigenvalue weighted by atomic mass is 19.1. The van der Waals surface area contributed by atoms with Crippen molar-refractivity contribution < 1.29 is 18.8 Å². The summed E-state index contributed by atoms with van der Waals surface area (Å²) in [7, 11) is 0. The number of imide groups is 1. The van der Waals surface area contributed by atoms with E-state index in [1.807, 2.05) is 30.3 Å². The molecule has 3 amide bonds. The Hall–Kier alpha value is -3.80. The summed E-state index contributed by atoms with van der Waals surface area (Å²) in [5, 5.41) is 2.54. The Labute approximate surface area is 173 Å². The van der Waals surface area contributed by atoms with E-state index < -0.39 is 29.6 Å². The number of nitrogens with one attached hydrogen (secondary N) is 1. The van der Waals surface area contributed by atoms with Gasteiger partial charge in [-0.2, -0.15) is 0 Å². The first kappa shape index (κ1) is 19.5. The lowest BCUT2D eigenvalue weighted by Crippen LogP contribution is -2.48. The van der Waals surface area contributed by atoms with Gasteiger partial charge in [0.05, 0.1) is 16.8 Å². The summed E-state index contributed by atoms with van der Waals surface area (Å²) in [5.41, 5.74) is 2.01. The van der Waals surface area contributed by atoms with E-state index >= 15 is 0 Å². The van der Waals surface area contributed by atoms with Crippen molar-refractivity contribution in [2.24, 2.45) is 0 Å². The number of hydrogen-bond donors (Lipinski definition) is 1. The smallest absolute Gasteiger partial charge is 0.262 e. The molecule has 0 radical (unpaired) electrons. The van der Waals surface area contributed by atoms with Crippen LogP contribution in [0.5, 0.6) is 0 Å². The van der Waals surface area contributed by atoms with Crippen LogP contribution in [0, 0.1) is 12.7 Å². The largest absolute Gasteiger partial charge is 0.322 e. The average Bonchev–Trinajstić information content (AvgIpc) is 3.00. The van der Waals surface area contributed by atoms with Crippen LogP contribution < -0.4 is 5.32 Å². The molecule has 1 aliphatic heterocycles. The van der Waals surface area contributed by atoms with Crippen LogP contribution in [-0.2, 0) is 11.2 Å². The lowest BCUT2D eigenvalue weighted by molar-refractivity contribution is -0.120. The number of amides is 3. The van der Waals surface area contributed by atoms with Gasteiger partial charge in [-0.1, -0.05) is 48.5 Å². The molecule has 1 heterocycles. The Morgan fingerprint density at radius 2 is 1.53 bits per heavy atom. The van der Waals surface area contributed by atoms with Crippen molar-refractivity contribution in [2.75, 3.05) is 5.32 Å². The van der Waals surface area contributed by atoms with Gasteiger partial charge in [-0.05, 0) is 42.3 Å². The van der Waals surface area contributed by atoms with E-state index in [9.17, 15) is 18.8 Å². The number of fused-ring (bicyclic) bond motifs is 1. The summed E-state index contributed by atoms with van der Waals surface area (Å²) in [4.78, 5) is 40.0. The van der Waals surface area contributed by atoms with Gasteiger partial charge < -0.3 is 5.32 Å². The molecule has 4 rings (SSSR count). The second-order valence-electron chi connectivity index (χ2n) is 7.20. The van der Waals surface area contributed by atoms with E-state index in [2.05, 4.69) is 5.32 Å². The Balaban J connectivity index is 1.69. The highest BCUT2D eigenvalue weighted by molar-refractivity contribution is 6.23. The molecule has 0 saturated carbocycles. The zero-order valence-corrected chi connectivity index (χ0v) is 16.3. The first-order chi connectivity index (χ1) is 14.5. The first-order valence-corrected chi connectivity index (χ1v) is 9.53. The summed E-state index contributed by atoms with van der Waals surface area (Å²) in [6, 6.07) is 18.9. The van der Waals surface area contributed by atoms with Gasteiger partial charge in [0.25, 0.3) is 11.8 Å². The number of nitrogens with zero attached hydrogens (tertiary/aromatic N) is 1. The van der Waals surface area contributed by atoms with Crippen molar-refractivity contribution in [3.63, 3.8) is 0 Å². The van der Waals surface area contributed by atoms with Crippen LogP contribution in [0.2, 0.25) is 0 Å². The molecule has 0 aliphatic carbocycles. The zero-order valence-electron chi connectivity index (χ0n) is 16.3. The summed E-state index contributed by atoms with van der Waals surface area (Å²) in [6.45, 7) is 1.74. The number of aryl methyl sites for hydroxylation is 1. The Bertz CT molecular complexity index is 1110. The quantitative estimate of drug-likeness (QED) is 0.657. The number of benzene rings is 3. The minimum Gasteiger partial charge on any atom is -0.322 e. The topological polar surface area (TPSA) is 66.5 Å². The van der Waals surface area contributed by atoms with Crippen molar-refractivity contribution in [3.05, 3.63) is 101 Å². The standard InChI is InChI=1S/C24H19FN2O3/c1-15-11-12-20(19(25)13-15)26-22(28)21(14-16-7-3-2-4-8-16)27-23(29)17-9-5-6-10-18(17)24(27)30/h2-13,21H,14H2,1H3,(H,26,28). The minimum atomic E-state index is -1.12. The van der Waals surface area contributed by atoms with Crippen LogP contribution in [0.3, 0.4) is 0 Å². The molecule has 0 aromatic heterocycles. The second-order valence-corrected chi connectivity index (χ2v) is 7.20. The minimum absolute atomic E-state index is 0.000251. The molecular formula is C24H19FN2O3. The number of carbonyl (C=O) groups is 3. The van der Waals surface area contributed by atoms with Crippen molar-refractivity contribution in [2.45, 2.75) is 19.4 Å². The molecule has 1 N–H and O–H groups in total. The molecular weight excluding hydrogens is 383 g/mol. The molecule has 1 atom stereocenters. The predicted octanol–water partition coefficient (Wildman–Crippen LogP) is 3.98. The van der Waals surface area contributed by atoms with E-state index in [1.54, 1.807) is 37.3 Å². The van der Waals surface area contributed by atoms with E-state index in [0.29, 0.717) is 5.56 Å². The molecule has 3 aromatic rings. The van der Waals surface area contributed by atoms with Gasteiger partial charge in [0.15, 0.2) is 0 Å². The zero-order chi connectivity index (χ0) is 21.3. The van der Waals surface area contributed by atoms with Crippen LogP contribution in [0.25, 0.3) is 0 Å². The van der Waals surface area contributed by atoms with Gasteiger partial charge in [-0.25, -0.2) is 4.39 Å². The molecule has 6 heteroatoms. The van der Waals surface area contributed by atoms with Crippen LogP contribution >= 0.6 is 0 Å².